The van der Waals surface area contributed by atoms with E-state index in [1.807, 2.05) is 45.0 Å². The minimum absolute atomic E-state index is 0.613. The molecule has 94 valence electrons. The van der Waals surface area contributed by atoms with Crippen molar-refractivity contribution in [2.45, 2.75) is 20.4 Å². The van der Waals surface area contributed by atoms with Crippen LogP contribution in [0.15, 0.2) is 16.5 Å². The molecule has 2 heterocycles. The highest BCUT2D eigenvalue weighted by Crippen LogP contribution is 2.23. The van der Waals surface area contributed by atoms with Gasteiger partial charge in [0.25, 0.3) is 0 Å². The molecule has 0 fully saturated rings. The molecule has 0 saturated carbocycles. The van der Waals surface area contributed by atoms with Crippen molar-refractivity contribution >= 4 is 5.82 Å². The van der Waals surface area contributed by atoms with Gasteiger partial charge in [0.05, 0.1) is 12.2 Å². The Bertz CT molecular complexity index is 603. The molecular weight excluding hydrogens is 228 g/mol. The predicted octanol–water partition coefficient (Wildman–Crippen LogP) is 2.14. The molecule has 2 rings (SSSR count). The molecule has 5 heteroatoms. The lowest BCUT2D eigenvalue weighted by atomic mass is 10.2. The molecule has 5 nitrogen and oxygen atoms in total. The molecular formula is C13H16N4O. The van der Waals surface area contributed by atoms with Gasteiger partial charge in [0.15, 0.2) is 0 Å². The molecule has 0 N–H and O–H groups in total. The molecule has 0 saturated heterocycles. The second kappa shape index (κ2) is 4.57. The monoisotopic (exact) mass is 244 g/mol. The van der Waals surface area contributed by atoms with Gasteiger partial charge in [-0.25, -0.2) is 0 Å². The van der Waals surface area contributed by atoms with E-state index in [9.17, 15) is 5.26 Å². The zero-order chi connectivity index (χ0) is 13.3. The van der Waals surface area contributed by atoms with Gasteiger partial charge in [-0.15, -0.1) is 0 Å². The Morgan fingerprint density at radius 1 is 1.44 bits per heavy atom. The molecule has 0 atom stereocenters. The maximum Gasteiger partial charge on any atom is 0.145 e. The third-order valence-corrected chi connectivity index (χ3v) is 2.85. The Morgan fingerprint density at radius 2 is 2.17 bits per heavy atom. The average Bonchev–Trinajstić information content (AvgIpc) is 2.82. The first kappa shape index (κ1) is 12.2. The Kier molecular flexibility index (Phi) is 3.11. The zero-order valence-corrected chi connectivity index (χ0v) is 11.1. The summed E-state index contributed by atoms with van der Waals surface area (Å²) in [6.45, 7) is 4.37. The summed E-state index contributed by atoms with van der Waals surface area (Å²) in [5.74, 6) is 2.57. The van der Waals surface area contributed by atoms with Crippen molar-refractivity contribution in [2.75, 3.05) is 11.9 Å². The lowest BCUT2D eigenvalue weighted by molar-refractivity contribution is 0.480. The van der Waals surface area contributed by atoms with E-state index in [0.29, 0.717) is 12.1 Å². The lowest BCUT2D eigenvalue weighted by Crippen LogP contribution is -2.20. The summed E-state index contributed by atoms with van der Waals surface area (Å²) < 4.78 is 7.27. The van der Waals surface area contributed by atoms with E-state index in [1.54, 1.807) is 4.68 Å². The van der Waals surface area contributed by atoms with Crippen LogP contribution in [0.5, 0.6) is 0 Å². The number of furan rings is 1. The normalized spacial score (nSPS) is 10.4. The summed E-state index contributed by atoms with van der Waals surface area (Å²) in [5, 5.41) is 13.4. The second-order valence-corrected chi connectivity index (χ2v) is 4.39. The third kappa shape index (κ3) is 2.09. The van der Waals surface area contributed by atoms with Gasteiger partial charge in [-0.1, -0.05) is 0 Å². The minimum Gasteiger partial charge on any atom is -0.464 e. The standard InChI is InChI=1S/C13H16N4O/c1-9-5-6-11(18-9)8-16(3)13-12(7-14)10(2)15-17(13)4/h5-6H,8H2,1-4H3. The maximum absolute atomic E-state index is 9.18. The molecule has 0 unspecified atom stereocenters. The average molecular weight is 244 g/mol. The van der Waals surface area contributed by atoms with Gasteiger partial charge in [-0.05, 0) is 26.0 Å². The van der Waals surface area contributed by atoms with Crippen LogP contribution < -0.4 is 4.90 Å². The topological polar surface area (TPSA) is 58.0 Å². The van der Waals surface area contributed by atoms with Crippen molar-refractivity contribution in [2.24, 2.45) is 7.05 Å². The number of rotatable bonds is 3. The van der Waals surface area contributed by atoms with Gasteiger partial charge in [0, 0.05) is 14.1 Å². The highest BCUT2D eigenvalue weighted by molar-refractivity contribution is 5.56. The van der Waals surface area contributed by atoms with Crippen molar-refractivity contribution in [3.63, 3.8) is 0 Å². The predicted molar refractivity (Wildman–Crippen MR) is 68.2 cm³/mol. The van der Waals surface area contributed by atoms with Crippen LogP contribution in [0, 0.1) is 25.2 Å². The second-order valence-electron chi connectivity index (χ2n) is 4.39. The number of nitriles is 1. The number of hydrogen-bond donors (Lipinski definition) is 0. The van der Waals surface area contributed by atoms with Crippen molar-refractivity contribution in [1.29, 1.82) is 5.26 Å². The van der Waals surface area contributed by atoms with E-state index in [4.69, 9.17) is 4.42 Å². The summed E-state index contributed by atoms with van der Waals surface area (Å²) in [6, 6.07) is 6.08. The summed E-state index contributed by atoms with van der Waals surface area (Å²) in [5.41, 5.74) is 1.36. The van der Waals surface area contributed by atoms with Gasteiger partial charge < -0.3 is 9.32 Å². The van der Waals surface area contributed by atoms with Crippen molar-refractivity contribution < 1.29 is 4.42 Å². The molecule has 0 aliphatic carbocycles. The van der Waals surface area contributed by atoms with E-state index in [0.717, 1.165) is 23.0 Å². The molecule has 0 radical (unpaired) electrons. The number of aromatic nitrogens is 2. The molecule has 0 bridgehead atoms. The van der Waals surface area contributed by atoms with Crippen molar-refractivity contribution in [3.8, 4) is 6.07 Å². The summed E-state index contributed by atoms with van der Waals surface area (Å²) in [7, 11) is 3.77. The summed E-state index contributed by atoms with van der Waals surface area (Å²) in [4.78, 5) is 1.97. The van der Waals surface area contributed by atoms with E-state index >= 15 is 0 Å². The largest absolute Gasteiger partial charge is 0.464 e. The van der Waals surface area contributed by atoms with E-state index < -0.39 is 0 Å². The third-order valence-electron chi connectivity index (χ3n) is 2.85. The number of nitrogens with zero attached hydrogens (tertiary/aromatic N) is 4. The number of hydrogen-bond acceptors (Lipinski definition) is 4. The Balaban J connectivity index is 2.29. The van der Waals surface area contributed by atoms with E-state index in [2.05, 4.69) is 11.2 Å². The quantitative estimate of drug-likeness (QED) is 0.830. The molecule has 0 aliphatic heterocycles. The molecule has 18 heavy (non-hydrogen) atoms. The molecule has 2 aromatic rings. The Labute approximate surface area is 106 Å². The van der Waals surface area contributed by atoms with Crippen LogP contribution in [0.25, 0.3) is 0 Å². The van der Waals surface area contributed by atoms with E-state index in [-0.39, 0.29) is 0 Å². The molecule has 2 aromatic heterocycles. The van der Waals surface area contributed by atoms with Gasteiger partial charge in [-0.2, -0.15) is 10.4 Å². The lowest BCUT2D eigenvalue weighted by Gasteiger charge is -2.18. The molecule has 0 amide bonds. The molecule has 0 aromatic carbocycles. The first-order valence-electron chi connectivity index (χ1n) is 5.73. The number of anilines is 1. The van der Waals surface area contributed by atoms with Gasteiger partial charge in [-0.3, -0.25) is 4.68 Å². The first-order valence-corrected chi connectivity index (χ1v) is 5.73. The highest BCUT2D eigenvalue weighted by atomic mass is 16.3. The van der Waals surface area contributed by atoms with Crippen molar-refractivity contribution in [1.82, 2.24) is 9.78 Å². The van der Waals surface area contributed by atoms with Gasteiger partial charge >= 0.3 is 0 Å². The Hall–Kier alpha value is -2.22. The van der Waals surface area contributed by atoms with Crippen LogP contribution in [0.2, 0.25) is 0 Å². The van der Waals surface area contributed by atoms with Crippen molar-refractivity contribution in [3.05, 3.63) is 34.9 Å². The van der Waals surface area contributed by atoms with Crippen LogP contribution in [-0.2, 0) is 13.6 Å². The molecule has 0 spiro atoms. The minimum atomic E-state index is 0.613. The van der Waals surface area contributed by atoms with Crippen LogP contribution >= 0.6 is 0 Å². The smallest absolute Gasteiger partial charge is 0.145 e. The fourth-order valence-corrected chi connectivity index (χ4v) is 2.09. The van der Waals surface area contributed by atoms with Crippen LogP contribution in [0.3, 0.4) is 0 Å². The molecule has 0 aliphatic rings. The van der Waals surface area contributed by atoms with Crippen LogP contribution in [-0.4, -0.2) is 16.8 Å². The fraction of sp³-hybridized carbons (Fsp3) is 0.385. The highest BCUT2D eigenvalue weighted by Gasteiger charge is 2.17. The summed E-state index contributed by atoms with van der Waals surface area (Å²) >= 11 is 0. The van der Waals surface area contributed by atoms with Crippen LogP contribution in [0.4, 0.5) is 5.82 Å². The van der Waals surface area contributed by atoms with E-state index in [1.165, 1.54) is 0 Å². The summed E-state index contributed by atoms with van der Waals surface area (Å²) in [6.07, 6.45) is 0. The van der Waals surface area contributed by atoms with Gasteiger partial charge in [0.2, 0.25) is 0 Å². The number of aryl methyl sites for hydroxylation is 3. The maximum atomic E-state index is 9.18. The first-order chi connectivity index (χ1) is 8.52. The Morgan fingerprint density at radius 3 is 2.72 bits per heavy atom. The zero-order valence-electron chi connectivity index (χ0n) is 11.1. The van der Waals surface area contributed by atoms with Gasteiger partial charge in [0.1, 0.15) is 29.0 Å². The van der Waals surface area contributed by atoms with Crippen LogP contribution in [0.1, 0.15) is 22.8 Å². The SMILES string of the molecule is Cc1ccc(CN(C)c2c(C#N)c(C)nn2C)o1. The fourth-order valence-electron chi connectivity index (χ4n) is 2.09.